The molecule has 2 rings (SSSR count). The van der Waals surface area contributed by atoms with E-state index in [4.69, 9.17) is 10.5 Å². The zero-order valence-corrected chi connectivity index (χ0v) is 12.7. The lowest BCUT2D eigenvalue weighted by Gasteiger charge is -2.35. The van der Waals surface area contributed by atoms with Crippen LogP contribution in [-0.4, -0.2) is 43.2 Å². The summed E-state index contributed by atoms with van der Waals surface area (Å²) in [6, 6.07) is -0.313. The second-order valence-electron chi connectivity index (χ2n) is 5.65. The van der Waals surface area contributed by atoms with Crippen molar-refractivity contribution >= 4 is 18.3 Å². The Morgan fingerprint density at radius 1 is 1.26 bits per heavy atom. The molecule has 19 heavy (non-hydrogen) atoms. The first-order valence-electron chi connectivity index (χ1n) is 7.34. The molecule has 2 aliphatic rings. The molecule has 0 bridgehead atoms. The van der Waals surface area contributed by atoms with Gasteiger partial charge < -0.3 is 15.4 Å². The number of halogens is 1. The minimum atomic E-state index is -0.313. The largest absolute Gasteiger partial charge is 0.381 e. The molecule has 5 heteroatoms. The highest BCUT2D eigenvalue weighted by Crippen LogP contribution is 2.23. The molecule has 2 aliphatic heterocycles. The highest BCUT2D eigenvalue weighted by Gasteiger charge is 2.31. The normalized spacial score (nSPS) is 23.8. The number of ether oxygens (including phenoxy) is 1. The van der Waals surface area contributed by atoms with Crippen LogP contribution in [-0.2, 0) is 9.53 Å². The van der Waals surface area contributed by atoms with Gasteiger partial charge in [0.05, 0.1) is 6.04 Å². The molecule has 112 valence electrons. The number of rotatable bonds is 3. The van der Waals surface area contributed by atoms with E-state index >= 15 is 0 Å². The second kappa shape index (κ2) is 8.08. The Labute approximate surface area is 122 Å². The fraction of sp³-hybridized carbons (Fsp3) is 0.929. The molecular weight excluding hydrogens is 264 g/mol. The lowest BCUT2D eigenvalue weighted by molar-refractivity contribution is -0.136. The predicted molar refractivity (Wildman–Crippen MR) is 78.4 cm³/mol. The number of carbonyl (C=O) groups excluding carboxylic acids is 1. The molecule has 2 fully saturated rings. The van der Waals surface area contributed by atoms with Gasteiger partial charge in [0, 0.05) is 26.3 Å². The van der Waals surface area contributed by atoms with E-state index in [0.717, 1.165) is 57.9 Å². The van der Waals surface area contributed by atoms with Crippen LogP contribution in [0.3, 0.4) is 0 Å². The van der Waals surface area contributed by atoms with Crippen molar-refractivity contribution in [2.75, 3.05) is 26.3 Å². The summed E-state index contributed by atoms with van der Waals surface area (Å²) in [7, 11) is 0. The predicted octanol–water partition coefficient (Wildman–Crippen LogP) is 1.81. The fourth-order valence-corrected chi connectivity index (χ4v) is 3.05. The lowest BCUT2D eigenvalue weighted by Crippen LogP contribution is -2.51. The maximum Gasteiger partial charge on any atom is 0.239 e. The third-order valence-electron chi connectivity index (χ3n) is 4.56. The zero-order chi connectivity index (χ0) is 13.0. The first-order valence-corrected chi connectivity index (χ1v) is 7.34. The van der Waals surface area contributed by atoms with Gasteiger partial charge in [-0.25, -0.2) is 0 Å². The third-order valence-corrected chi connectivity index (χ3v) is 4.56. The van der Waals surface area contributed by atoms with Crippen molar-refractivity contribution in [1.29, 1.82) is 0 Å². The highest BCUT2D eigenvalue weighted by molar-refractivity contribution is 5.85. The van der Waals surface area contributed by atoms with Gasteiger partial charge in [0.15, 0.2) is 0 Å². The quantitative estimate of drug-likeness (QED) is 0.862. The molecule has 2 saturated heterocycles. The molecule has 0 aromatic heterocycles. The first kappa shape index (κ1) is 16.7. The summed E-state index contributed by atoms with van der Waals surface area (Å²) in [6.45, 7) is 5.53. The molecule has 0 radical (unpaired) electrons. The summed E-state index contributed by atoms with van der Waals surface area (Å²) in [5.41, 5.74) is 6.14. The molecule has 2 heterocycles. The number of carbonyl (C=O) groups is 1. The third kappa shape index (κ3) is 4.33. The van der Waals surface area contributed by atoms with E-state index in [1.54, 1.807) is 0 Å². The van der Waals surface area contributed by atoms with Gasteiger partial charge in [0.1, 0.15) is 0 Å². The Morgan fingerprint density at radius 2 is 1.84 bits per heavy atom. The van der Waals surface area contributed by atoms with E-state index in [0.29, 0.717) is 5.92 Å². The number of piperidine rings is 1. The maximum atomic E-state index is 12.4. The van der Waals surface area contributed by atoms with Gasteiger partial charge in [0.25, 0.3) is 0 Å². The summed E-state index contributed by atoms with van der Waals surface area (Å²) < 4.78 is 5.32. The van der Waals surface area contributed by atoms with Crippen LogP contribution in [0.25, 0.3) is 0 Å². The van der Waals surface area contributed by atoms with Crippen LogP contribution < -0.4 is 5.73 Å². The maximum absolute atomic E-state index is 12.4. The monoisotopic (exact) mass is 290 g/mol. The van der Waals surface area contributed by atoms with Crippen LogP contribution in [0.1, 0.15) is 39.0 Å². The van der Waals surface area contributed by atoms with Gasteiger partial charge >= 0.3 is 0 Å². The molecule has 0 aromatic carbocycles. The Hall–Kier alpha value is -0.320. The zero-order valence-electron chi connectivity index (χ0n) is 11.8. The molecule has 1 amide bonds. The fourth-order valence-electron chi connectivity index (χ4n) is 3.05. The van der Waals surface area contributed by atoms with Gasteiger partial charge in [-0.1, -0.05) is 13.3 Å². The Bertz CT molecular complexity index is 275. The number of nitrogens with zero attached hydrogens (tertiary/aromatic N) is 1. The van der Waals surface area contributed by atoms with Crippen molar-refractivity contribution in [2.24, 2.45) is 17.6 Å². The molecule has 0 saturated carbocycles. The van der Waals surface area contributed by atoms with Crippen molar-refractivity contribution in [1.82, 2.24) is 4.90 Å². The smallest absolute Gasteiger partial charge is 0.239 e. The second-order valence-corrected chi connectivity index (χ2v) is 5.65. The first-order chi connectivity index (χ1) is 8.72. The van der Waals surface area contributed by atoms with E-state index in [-0.39, 0.29) is 24.4 Å². The van der Waals surface area contributed by atoms with Crippen LogP contribution in [0.2, 0.25) is 0 Å². The molecule has 4 nitrogen and oxygen atoms in total. The van der Waals surface area contributed by atoms with Crippen molar-refractivity contribution in [3.63, 3.8) is 0 Å². The summed E-state index contributed by atoms with van der Waals surface area (Å²) in [5.74, 6) is 1.28. The summed E-state index contributed by atoms with van der Waals surface area (Å²) in [4.78, 5) is 14.3. The lowest BCUT2D eigenvalue weighted by atomic mass is 9.89. The molecule has 1 unspecified atom stereocenters. The van der Waals surface area contributed by atoms with E-state index in [1.165, 1.54) is 6.42 Å². The van der Waals surface area contributed by atoms with E-state index < -0.39 is 0 Å². The number of hydrogen-bond acceptors (Lipinski definition) is 3. The number of amides is 1. The van der Waals surface area contributed by atoms with Gasteiger partial charge in [-0.2, -0.15) is 0 Å². The van der Waals surface area contributed by atoms with Crippen molar-refractivity contribution in [2.45, 2.75) is 45.1 Å². The van der Waals surface area contributed by atoms with Crippen molar-refractivity contribution in [3.8, 4) is 0 Å². The average molecular weight is 291 g/mol. The van der Waals surface area contributed by atoms with E-state index in [1.807, 2.05) is 4.90 Å². The standard InChI is InChI=1S/C14H26N2O2.ClH/c1-2-11-3-7-16(8-4-11)14(17)13(15)12-5-9-18-10-6-12;/h11-13H,2-10,15H2,1H3;1H. The van der Waals surface area contributed by atoms with Crippen LogP contribution in [0.4, 0.5) is 0 Å². The van der Waals surface area contributed by atoms with E-state index in [2.05, 4.69) is 6.92 Å². The molecule has 0 aliphatic carbocycles. The van der Waals surface area contributed by atoms with Crippen LogP contribution in [0, 0.1) is 11.8 Å². The molecule has 0 aromatic rings. The summed E-state index contributed by atoms with van der Waals surface area (Å²) in [6.07, 6.45) is 5.37. The molecule has 1 atom stereocenters. The van der Waals surface area contributed by atoms with Crippen LogP contribution >= 0.6 is 12.4 Å². The van der Waals surface area contributed by atoms with Crippen LogP contribution in [0.15, 0.2) is 0 Å². The van der Waals surface area contributed by atoms with E-state index in [9.17, 15) is 4.79 Å². The SMILES string of the molecule is CCC1CCN(C(=O)C(N)C2CCOCC2)CC1.Cl. The minimum Gasteiger partial charge on any atom is -0.381 e. The Balaban J connectivity index is 0.00000180. The van der Waals surface area contributed by atoms with Gasteiger partial charge in [-0.05, 0) is 37.5 Å². The Kier molecular flexibility index (Phi) is 7.11. The average Bonchev–Trinajstić information content (AvgIpc) is 2.47. The summed E-state index contributed by atoms with van der Waals surface area (Å²) >= 11 is 0. The molecule has 0 spiro atoms. The topological polar surface area (TPSA) is 55.6 Å². The minimum absolute atomic E-state index is 0. The molecular formula is C14H27ClN2O2. The number of nitrogens with two attached hydrogens (primary N) is 1. The van der Waals surface area contributed by atoms with Crippen molar-refractivity contribution < 1.29 is 9.53 Å². The molecule has 2 N–H and O–H groups in total. The van der Waals surface area contributed by atoms with Crippen molar-refractivity contribution in [3.05, 3.63) is 0 Å². The van der Waals surface area contributed by atoms with Gasteiger partial charge in [-0.15, -0.1) is 12.4 Å². The summed E-state index contributed by atoms with van der Waals surface area (Å²) in [5, 5.41) is 0. The number of likely N-dealkylation sites (tertiary alicyclic amines) is 1. The van der Waals surface area contributed by atoms with Gasteiger partial charge in [0.2, 0.25) is 5.91 Å². The van der Waals surface area contributed by atoms with Crippen LogP contribution in [0.5, 0.6) is 0 Å². The Morgan fingerprint density at radius 3 is 2.37 bits per heavy atom. The number of hydrogen-bond donors (Lipinski definition) is 1. The van der Waals surface area contributed by atoms with Gasteiger partial charge in [-0.3, -0.25) is 4.79 Å². The highest BCUT2D eigenvalue weighted by atomic mass is 35.5.